The first-order valence-corrected chi connectivity index (χ1v) is 10.6. The number of hydrogen-bond acceptors (Lipinski definition) is 2. The van der Waals surface area contributed by atoms with Gasteiger partial charge in [-0.1, -0.05) is 43.3 Å². The maximum atomic E-state index is 14.5. The molecule has 2 atom stereocenters. The van der Waals surface area contributed by atoms with E-state index in [4.69, 9.17) is 9.47 Å². The highest BCUT2D eigenvalue weighted by molar-refractivity contribution is 5.65. The summed E-state index contributed by atoms with van der Waals surface area (Å²) < 4.78 is 40.1. The van der Waals surface area contributed by atoms with Crippen LogP contribution in [0.4, 0.5) is 8.78 Å². The molecular weight excluding hydrogens is 370 g/mol. The summed E-state index contributed by atoms with van der Waals surface area (Å²) in [7, 11) is 0. The minimum Gasteiger partial charge on any atom is -0.490 e. The molecule has 0 radical (unpaired) electrons. The zero-order chi connectivity index (χ0) is 20.6. The number of halogens is 2. The third-order valence-corrected chi connectivity index (χ3v) is 5.46. The molecule has 1 aliphatic rings. The molecule has 4 heteroatoms. The van der Waals surface area contributed by atoms with E-state index in [-0.39, 0.29) is 11.3 Å². The Morgan fingerprint density at radius 2 is 1.86 bits per heavy atom. The van der Waals surface area contributed by atoms with Gasteiger partial charge in [-0.15, -0.1) is 0 Å². The summed E-state index contributed by atoms with van der Waals surface area (Å²) >= 11 is 0. The highest BCUT2D eigenvalue weighted by Crippen LogP contribution is 2.33. The lowest BCUT2D eigenvalue weighted by Crippen LogP contribution is -2.24. The number of allylic oxidation sites excluding steroid dienone is 2. The van der Waals surface area contributed by atoms with Gasteiger partial charge in [0, 0.05) is 11.5 Å². The lowest BCUT2D eigenvalue weighted by molar-refractivity contribution is -0.000184. The molecule has 2 aromatic rings. The van der Waals surface area contributed by atoms with E-state index in [0.29, 0.717) is 30.8 Å². The molecular formula is C25H30F2O2. The van der Waals surface area contributed by atoms with E-state index in [0.717, 1.165) is 32.1 Å². The van der Waals surface area contributed by atoms with Crippen molar-refractivity contribution in [1.82, 2.24) is 0 Å². The van der Waals surface area contributed by atoms with E-state index >= 15 is 0 Å². The third-order valence-electron chi connectivity index (χ3n) is 5.46. The molecule has 0 aromatic heterocycles. The Bertz CT molecular complexity index is 806. The number of hydrogen-bond donors (Lipinski definition) is 0. The average molecular weight is 401 g/mol. The third kappa shape index (κ3) is 5.45. The Balaban J connectivity index is 1.64. The largest absolute Gasteiger partial charge is 0.490 e. The lowest BCUT2D eigenvalue weighted by Gasteiger charge is -2.29. The molecule has 0 N–H and O–H groups in total. The average Bonchev–Trinajstić information content (AvgIpc) is 2.76. The van der Waals surface area contributed by atoms with Crippen molar-refractivity contribution in [2.24, 2.45) is 0 Å². The van der Waals surface area contributed by atoms with E-state index in [1.165, 1.54) is 11.6 Å². The van der Waals surface area contributed by atoms with Crippen LogP contribution in [0.3, 0.4) is 0 Å². The van der Waals surface area contributed by atoms with Crippen LogP contribution in [0, 0.1) is 11.6 Å². The Hall–Kier alpha value is -2.20. The van der Waals surface area contributed by atoms with E-state index in [1.807, 2.05) is 38.1 Å². The van der Waals surface area contributed by atoms with E-state index < -0.39 is 11.6 Å². The van der Waals surface area contributed by atoms with Gasteiger partial charge in [-0.3, -0.25) is 0 Å². The molecule has 1 saturated heterocycles. The Morgan fingerprint density at radius 1 is 1.07 bits per heavy atom. The van der Waals surface area contributed by atoms with Crippen LogP contribution in [0.15, 0.2) is 48.6 Å². The maximum Gasteiger partial charge on any atom is 0.201 e. The predicted molar refractivity (Wildman–Crippen MR) is 113 cm³/mol. The normalized spacial score (nSPS) is 19.6. The summed E-state index contributed by atoms with van der Waals surface area (Å²) in [6.45, 7) is 5.04. The van der Waals surface area contributed by atoms with Crippen LogP contribution in [0.25, 0.3) is 11.1 Å². The first-order chi connectivity index (χ1) is 14.1. The summed E-state index contributed by atoms with van der Waals surface area (Å²) in [5, 5.41) is 0. The molecule has 1 heterocycles. The Morgan fingerprint density at radius 3 is 2.52 bits per heavy atom. The van der Waals surface area contributed by atoms with Crippen molar-refractivity contribution in [2.45, 2.75) is 58.0 Å². The molecule has 29 heavy (non-hydrogen) atoms. The summed E-state index contributed by atoms with van der Waals surface area (Å²) in [4.78, 5) is 0. The Labute approximate surface area is 172 Å². The second kappa shape index (κ2) is 10.5. The second-order valence-corrected chi connectivity index (χ2v) is 7.59. The molecule has 2 aromatic carbocycles. The number of benzene rings is 2. The number of ether oxygens (including phenoxy) is 2. The van der Waals surface area contributed by atoms with Crippen LogP contribution >= 0.6 is 0 Å². The van der Waals surface area contributed by atoms with Crippen molar-refractivity contribution in [3.8, 4) is 16.9 Å². The first kappa shape index (κ1) is 21.5. The maximum absolute atomic E-state index is 14.5. The van der Waals surface area contributed by atoms with Crippen LogP contribution in [-0.2, 0) is 4.74 Å². The van der Waals surface area contributed by atoms with Gasteiger partial charge >= 0.3 is 0 Å². The number of rotatable bonds is 8. The van der Waals surface area contributed by atoms with Crippen molar-refractivity contribution in [2.75, 3.05) is 13.2 Å². The van der Waals surface area contributed by atoms with Gasteiger partial charge < -0.3 is 9.47 Å². The fourth-order valence-electron chi connectivity index (χ4n) is 3.76. The van der Waals surface area contributed by atoms with Crippen molar-refractivity contribution in [3.63, 3.8) is 0 Å². The van der Waals surface area contributed by atoms with Gasteiger partial charge in [0.15, 0.2) is 11.6 Å². The van der Waals surface area contributed by atoms with Gasteiger partial charge in [0.05, 0.1) is 19.3 Å². The SMILES string of the molecule is CC=CCCC1CCC(c2ccc(-c3ccc(OCCC)c(F)c3F)cc2)CO1. The minimum atomic E-state index is -0.926. The molecule has 0 bridgehead atoms. The Kier molecular flexibility index (Phi) is 7.82. The highest BCUT2D eigenvalue weighted by atomic mass is 19.2. The highest BCUT2D eigenvalue weighted by Gasteiger charge is 2.23. The van der Waals surface area contributed by atoms with Crippen LogP contribution in [0.1, 0.15) is 57.4 Å². The smallest absolute Gasteiger partial charge is 0.201 e. The zero-order valence-corrected chi connectivity index (χ0v) is 17.3. The summed E-state index contributed by atoms with van der Waals surface area (Å²) in [6, 6.07) is 10.8. The standard InChI is InChI=1S/C25H30F2O2/c1-3-5-6-7-21-13-12-20(17-29-21)18-8-10-19(11-9-18)22-14-15-23(28-16-4-2)25(27)24(22)26/h3,5,8-11,14-15,20-21H,4,6-7,12-13,16-17H2,1-2H3. The molecule has 1 aliphatic heterocycles. The summed E-state index contributed by atoms with van der Waals surface area (Å²) in [5.74, 6) is -1.47. The first-order valence-electron chi connectivity index (χ1n) is 10.6. The molecule has 0 spiro atoms. The van der Waals surface area contributed by atoms with Gasteiger partial charge in [-0.05, 0) is 62.3 Å². The van der Waals surface area contributed by atoms with E-state index in [1.54, 1.807) is 6.07 Å². The van der Waals surface area contributed by atoms with Gasteiger partial charge in [-0.2, -0.15) is 4.39 Å². The van der Waals surface area contributed by atoms with Gasteiger partial charge in [0.1, 0.15) is 0 Å². The molecule has 2 nitrogen and oxygen atoms in total. The van der Waals surface area contributed by atoms with Crippen molar-refractivity contribution < 1.29 is 18.3 Å². The lowest BCUT2D eigenvalue weighted by atomic mass is 9.89. The minimum absolute atomic E-state index is 0.0342. The fourth-order valence-corrected chi connectivity index (χ4v) is 3.76. The molecule has 0 aliphatic carbocycles. The fraction of sp³-hybridized carbons (Fsp3) is 0.440. The van der Waals surface area contributed by atoms with Crippen LogP contribution in [0.5, 0.6) is 5.75 Å². The molecule has 0 saturated carbocycles. The summed E-state index contributed by atoms with van der Waals surface area (Å²) in [5.41, 5.74) is 2.10. The molecule has 2 unspecified atom stereocenters. The molecule has 3 rings (SSSR count). The van der Waals surface area contributed by atoms with E-state index in [9.17, 15) is 8.78 Å². The van der Waals surface area contributed by atoms with E-state index in [2.05, 4.69) is 12.2 Å². The zero-order valence-electron chi connectivity index (χ0n) is 17.3. The molecule has 1 fully saturated rings. The van der Waals surface area contributed by atoms with Crippen molar-refractivity contribution in [1.29, 1.82) is 0 Å². The quantitative estimate of drug-likeness (QED) is 0.443. The molecule has 156 valence electrons. The van der Waals surface area contributed by atoms with Crippen LogP contribution in [0.2, 0.25) is 0 Å². The molecule has 0 amide bonds. The van der Waals surface area contributed by atoms with Crippen LogP contribution in [-0.4, -0.2) is 19.3 Å². The van der Waals surface area contributed by atoms with Gasteiger partial charge in [-0.25, -0.2) is 4.39 Å². The van der Waals surface area contributed by atoms with Crippen LogP contribution < -0.4 is 4.74 Å². The monoisotopic (exact) mass is 400 g/mol. The predicted octanol–water partition coefficient (Wildman–Crippen LogP) is 7.04. The van der Waals surface area contributed by atoms with Gasteiger partial charge in [0.25, 0.3) is 0 Å². The van der Waals surface area contributed by atoms with Crippen molar-refractivity contribution in [3.05, 3.63) is 65.7 Å². The second-order valence-electron chi connectivity index (χ2n) is 7.59. The van der Waals surface area contributed by atoms with Crippen molar-refractivity contribution >= 4 is 0 Å². The van der Waals surface area contributed by atoms with Gasteiger partial charge in [0.2, 0.25) is 5.82 Å². The summed E-state index contributed by atoms with van der Waals surface area (Å²) in [6.07, 6.45) is 9.61. The topological polar surface area (TPSA) is 18.5 Å².